The Bertz CT molecular complexity index is 776. The van der Waals surface area contributed by atoms with Crippen LogP contribution in [-0.2, 0) is 0 Å². The predicted octanol–water partition coefficient (Wildman–Crippen LogP) is 5.66. The molecule has 0 N–H and O–H groups in total. The summed E-state index contributed by atoms with van der Waals surface area (Å²) in [4.78, 5) is 12.7. The Kier molecular flexibility index (Phi) is 9.51. The molecule has 2 aromatic carbocycles. The SMILES string of the molecule is C#CCCCOc1ccccc1C(=O)Oc1ccccc1OCCCCCC. The van der Waals surface area contributed by atoms with Gasteiger partial charge in [-0.3, -0.25) is 0 Å². The van der Waals surface area contributed by atoms with E-state index in [1.165, 1.54) is 12.8 Å². The van der Waals surface area contributed by atoms with E-state index in [0.29, 0.717) is 42.4 Å². The van der Waals surface area contributed by atoms with Gasteiger partial charge >= 0.3 is 5.97 Å². The zero-order chi connectivity index (χ0) is 20.0. The van der Waals surface area contributed by atoms with E-state index in [1.807, 2.05) is 24.3 Å². The van der Waals surface area contributed by atoms with Crippen LogP contribution in [0.25, 0.3) is 0 Å². The number of terminal acetylenes is 1. The van der Waals surface area contributed by atoms with Gasteiger partial charge in [-0.25, -0.2) is 4.79 Å². The largest absolute Gasteiger partial charge is 0.493 e. The number of ether oxygens (including phenoxy) is 3. The van der Waals surface area contributed by atoms with E-state index in [-0.39, 0.29) is 0 Å². The molecule has 4 heteroatoms. The summed E-state index contributed by atoms with van der Waals surface area (Å²) in [6, 6.07) is 14.3. The minimum Gasteiger partial charge on any atom is -0.493 e. The number of benzene rings is 2. The maximum Gasteiger partial charge on any atom is 0.347 e. The van der Waals surface area contributed by atoms with Gasteiger partial charge in [0.2, 0.25) is 0 Å². The van der Waals surface area contributed by atoms with Crippen molar-refractivity contribution in [2.45, 2.75) is 45.4 Å². The van der Waals surface area contributed by atoms with Crippen molar-refractivity contribution in [2.75, 3.05) is 13.2 Å². The molecule has 0 bridgehead atoms. The number of carbonyl (C=O) groups is 1. The molecule has 0 amide bonds. The molecular formula is C24H28O4. The molecule has 2 aromatic rings. The van der Waals surface area contributed by atoms with Gasteiger partial charge in [-0.05, 0) is 37.1 Å². The molecule has 0 aromatic heterocycles. The number of rotatable bonds is 12. The van der Waals surface area contributed by atoms with Crippen molar-refractivity contribution in [3.63, 3.8) is 0 Å². The van der Waals surface area contributed by atoms with Gasteiger partial charge in [0.05, 0.1) is 13.2 Å². The number of carbonyl (C=O) groups excluding carboxylic acids is 1. The zero-order valence-corrected chi connectivity index (χ0v) is 16.5. The summed E-state index contributed by atoms with van der Waals surface area (Å²) in [5.41, 5.74) is 0.376. The molecule has 4 nitrogen and oxygen atoms in total. The number of para-hydroxylation sites is 3. The van der Waals surface area contributed by atoms with Gasteiger partial charge in [-0.15, -0.1) is 12.3 Å². The minimum absolute atomic E-state index is 0.376. The van der Waals surface area contributed by atoms with E-state index in [4.69, 9.17) is 20.6 Å². The van der Waals surface area contributed by atoms with Crippen molar-refractivity contribution in [1.29, 1.82) is 0 Å². The van der Waals surface area contributed by atoms with Crippen molar-refractivity contribution in [2.24, 2.45) is 0 Å². The van der Waals surface area contributed by atoms with Crippen LogP contribution in [0.1, 0.15) is 55.8 Å². The smallest absolute Gasteiger partial charge is 0.347 e. The predicted molar refractivity (Wildman–Crippen MR) is 111 cm³/mol. The van der Waals surface area contributed by atoms with Gasteiger partial charge < -0.3 is 14.2 Å². The molecule has 0 aliphatic rings. The van der Waals surface area contributed by atoms with Gasteiger partial charge in [0.25, 0.3) is 0 Å². The van der Waals surface area contributed by atoms with Crippen molar-refractivity contribution in [3.8, 4) is 29.6 Å². The van der Waals surface area contributed by atoms with E-state index in [2.05, 4.69) is 12.8 Å². The quantitative estimate of drug-likeness (QED) is 0.206. The standard InChI is InChI=1S/C24H28O4/c1-3-5-7-13-19-27-22-16-10-11-17-23(22)28-24(25)20-14-8-9-15-21(20)26-18-12-6-4-2/h2,8-11,14-17H,3,5-7,12-13,18-19H2,1H3. The Morgan fingerprint density at radius 3 is 2.25 bits per heavy atom. The molecule has 28 heavy (non-hydrogen) atoms. The lowest BCUT2D eigenvalue weighted by Gasteiger charge is -2.13. The molecule has 0 aliphatic carbocycles. The molecule has 0 saturated carbocycles. The normalized spacial score (nSPS) is 10.1. The molecule has 2 rings (SSSR count). The Labute approximate surface area is 167 Å². The molecule has 0 spiro atoms. The maximum absolute atomic E-state index is 12.7. The molecule has 0 fully saturated rings. The number of hydrogen-bond donors (Lipinski definition) is 0. The van der Waals surface area contributed by atoms with Crippen LogP contribution in [0.15, 0.2) is 48.5 Å². The third-order valence-corrected chi connectivity index (χ3v) is 4.14. The van der Waals surface area contributed by atoms with Gasteiger partial charge in [0.15, 0.2) is 11.5 Å². The van der Waals surface area contributed by atoms with Crippen LogP contribution in [-0.4, -0.2) is 19.2 Å². The molecule has 0 unspecified atom stereocenters. The van der Waals surface area contributed by atoms with Crippen molar-refractivity contribution in [1.82, 2.24) is 0 Å². The Hall–Kier alpha value is -2.93. The lowest BCUT2D eigenvalue weighted by Crippen LogP contribution is -2.12. The highest BCUT2D eigenvalue weighted by atomic mass is 16.6. The number of hydrogen-bond acceptors (Lipinski definition) is 4. The Morgan fingerprint density at radius 2 is 1.50 bits per heavy atom. The first-order valence-electron chi connectivity index (χ1n) is 9.85. The van der Waals surface area contributed by atoms with Crippen LogP contribution in [0.4, 0.5) is 0 Å². The molecule has 0 heterocycles. The van der Waals surface area contributed by atoms with Gasteiger partial charge in [-0.1, -0.05) is 50.5 Å². The first-order chi connectivity index (χ1) is 13.8. The highest BCUT2D eigenvalue weighted by Crippen LogP contribution is 2.29. The van der Waals surface area contributed by atoms with Crippen LogP contribution in [0.3, 0.4) is 0 Å². The molecule has 0 radical (unpaired) electrons. The second-order valence-corrected chi connectivity index (χ2v) is 6.40. The lowest BCUT2D eigenvalue weighted by molar-refractivity contribution is 0.0723. The zero-order valence-electron chi connectivity index (χ0n) is 16.5. The van der Waals surface area contributed by atoms with E-state index < -0.39 is 5.97 Å². The summed E-state index contributed by atoms with van der Waals surface area (Å²) >= 11 is 0. The van der Waals surface area contributed by atoms with E-state index in [0.717, 1.165) is 19.3 Å². The van der Waals surface area contributed by atoms with Gasteiger partial charge in [-0.2, -0.15) is 0 Å². The van der Waals surface area contributed by atoms with Crippen LogP contribution in [0.5, 0.6) is 17.2 Å². The van der Waals surface area contributed by atoms with Crippen LogP contribution < -0.4 is 14.2 Å². The minimum atomic E-state index is -0.477. The molecular weight excluding hydrogens is 352 g/mol. The van der Waals surface area contributed by atoms with E-state index in [1.54, 1.807) is 24.3 Å². The summed E-state index contributed by atoms with van der Waals surface area (Å²) in [6.07, 6.45) is 11.1. The Balaban J connectivity index is 2.00. The van der Waals surface area contributed by atoms with Crippen molar-refractivity contribution < 1.29 is 19.0 Å². The molecule has 0 saturated heterocycles. The monoisotopic (exact) mass is 380 g/mol. The van der Waals surface area contributed by atoms with Crippen LogP contribution in [0.2, 0.25) is 0 Å². The summed E-state index contributed by atoms with van der Waals surface area (Å²) in [7, 11) is 0. The van der Waals surface area contributed by atoms with Crippen LogP contribution >= 0.6 is 0 Å². The van der Waals surface area contributed by atoms with E-state index in [9.17, 15) is 4.79 Å². The first kappa shape index (κ1) is 21.4. The second kappa shape index (κ2) is 12.5. The summed E-state index contributed by atoms with van der Waals surface area (Å²) < 4.78 is 17.1. The average Bonchev–Trinajstić information content (AvgIpc) is 2.72. The van der Waals surface area contributed by atoms with Crippen LogP contribution in [0, 0.1) is 12.3 Å². The van der Waals surface area contributed by atoms with Gasteiger partial charge in [0, 0.05) is 6.42 Å². The first-order valence-corrected chi connectivity index (χ1v) is 9.85. The van der Waals surface area contributed by atoms with Crippen molar-refractivity contribution in [3.05, 3.63) is 54.1 Å². The average molecular weight is 380 g/mol. The number of unbranched alkanes of at least 4 members (excludes halogenated alkanes) is 4. The molecule has 0 atom stereocenters. The molecule has 0 aliphatic heterocycles. The summed E-state index contributed by atoms with van der Waals surface area (Å²) in [5.74, 6) is 3.56. The van der Waals surface area contributed by atoms with E-state index >= 15 is 0 Å². The molecule has 148 valence electrons. The number of esters is 1. The Morgan fingerprint density at radius 1 is 0.857 bits per heavy atom. The lowest BCUT2D eigenvalue weighted by atomic mass is 10.2. The summed E-state index contributed by atoms with van der Waals surface area (Å²) in [6.45, 7) is 3.22. The highest BCUT2D eigenvalue weighted by molar-refractivity contribution is 5.94. The topological polar surface area (TPSA) is 44.8 Å². The van der Waals surface area contributed by atoms with Gasteiger partial charge in [0.1, 0.15) is 11.3 Å². The van der Waals surface area contributed by atoms with Crippen molar-refractivity contribution >= 4 is 5.97 Å². The highest BCUT2D eigenvalue weighted by Gasteiger charge is 2.16. The fourth-order valence-electron chi connectivity index (χ4n) is 2.64. The third kappa shape index (κ3) is 7.00. The fraction of sp³-hybridized carbons (Fsp3) is 0.375. The fourth-order valence-corrected chi connectivity index (χ4v) is 2.64. The third-order valence-electron chi connectivity index (χ3n) is 4.14. The second-order valence-electron chi connectivity index (χ2n) is 6.40. The maximum atomic E-state index is 12.7. The summed E-state index contributed by atoms with van der Waals surface area (Å²) in [5, 5.41) is 0.